The molecule has 3 aromatic rings. The lowest BCUT2D eigenvalue weighted by atomic mass is 10.2. The summed E-state index contributed by atoms with van der Waals surface area (Å²) in [5, 5.41) is 2.94. The van der Waals surface area contributed by atoms with Crippen LogP contribution in [0.25, 0.3) is 23.7 Å². The fourth-order valence-electron chi connectivity index (χ4n) is 1.78. The average molecular weight is 210 g/mol. The quantitative estimate of drug-likeness (QED) is 0.659. The highest BCUT2D eigenvalue weighted by molar-refractivity contribution is 5.78. The second-order valence-electron chi connectivity index (χ2n) is 3.58. The van der Waals surface area contributed by atoms with Crippen molar-refractivity contribution in [2.24, 2.45) is 0 Å². The lowest BCUT2D eigenvalue weighted by Gasteiger charge is -1.86. The van der Waals surface area contributed by atoms with Gasteiger partial charge in [-0.1, -0.05) is 6.58 Å². The summed E-state index contributed by atoms with van der Waals surface area (Å²) in [6.07, 6.45) is 5.37. The highest BCUT2D eigenvalue weighted by Crippen LogP contribution is 2.03. The molecule has 0 bridgehead atoms. The second-order valence-corrected chi connectivity index (χ2v) is 3.58. The zero-order valence-electron chi connectivity index (χ0n) is 8.60. The molecule has 3 aromatic heterocycles. The maximum Gasteiger partial charge on any atom is 0.138 e. The van der Waals surface area contributed by atoms with Crippen LogP contribution in [0, 0.1) is 0 Å². The maximum absolute atomic E-state index is 5.29. The highest BCUT2D eigenvalue weighted by atomic mass is 16.3. The molecule has 3 nitrogen and oxygen atoms in total. The van der Waals surface area contributed by atoms with Gasteiger partial charge in [0.15, 0.2) is 0 Å². The number of rotatable bonds is 1. The van der Waals surface area contributed by atoms with Gasteiger partial charge in [-0.15, -0.1) is 0 Å². The summed E-state index contributed by atoms with van der Waals surface area (Å²) in [7, 11) is 0. The largest absolute Gasteiger partial charge is 0.465 e. The van der Waals surface area contributed by atoms with Crippen molar-refractivity contribution in [3.05, 3.63) is 53.1 Å². The van der Waals surface area contributed by atoms with E-state index in [1.165, 1.54) is 0 Å². The molecule has 0 unspecified atom stereocenters. The number of H-pyrrole nitrogens is 1. The van der Waals surface area contributed by atoms with Crippen molar-refractivity contribution in [2.75, 3.05) is 0 Å². The van der Waals surface area contributed by atoms with Crippen LogP contribution in [0.4, 0.5) is 0 Å². The molecule has 3 rings (SSSR count). The van der Waals surface area contributed by atoms with E-state index in [4.69, 9.17) is 4.42 Å². The standard InChI is InChI=1S/C13H10N2O/c1-9-12(8-10-4-3-7-16-10)11-5-2-6-14-13(11)15-9/h2-8H,1H2,(H,14,15)/b12-8-. The summed E-state index contributed by atoms with van der Waals surface area (Å²) in [6, 6.07) is 7.70. The number of nitrogens with one attached hydrogen (secondary N) is 1. The van der Waals surface area contributed by atoms with Gasteiger partial charge in [-0.3, -0.25) is 0 Å². The Bertz CT molecular complexity index is 723. The SMILES string of the molecule is C=c1[nH]c2ncccc2/c1=C\c1ccco1. The van der Waals surface area contributed by atoms with Gasteiger partial charge < -0.3 is 9.40 Å². The summed E-state index contributed by atoms with van der Waals surface area (Å²) in [5.41, 5.74) is 0.852. The van der Waals surface area contributed by atoms with Gasteiger partial charge in [0.25, 0.3) is 0 Å². The predicted molar refractivity (Wildman–Crippen MR) is 63.1 cm³/mol. The zero-order chi connectivity index (χ0) is 11.0. The summed E-state index contributed by atoms with van der Waals surface area (Å²) < 4.78 is 5.29. The molecule has 0 saturated heterocycles. The lowest BCUT2D eigenvalue weighted by Crippen LogP contribution is -2.20. The molecule has 0 atom stereocenters. The highest BCUT2D eigenvalue weighted by Gasteiger charge is 1.99. The monoisotopic (exact) mass is 210 g/mol. The number of furan rings is 1. The van der Waals surface area contributed by atoms with Gasteiger partial charge in [0.1, 0.15) is 11.4 Å². The third kappa shape index (κ3) is 1.34. The third-order valence-corrected chi connectivity index (χ3v) is 2.52. The van der Waals surface area contributed by atoms with E-state index in [9.17, 15) is 0 Å². The summed E-state index contributed by atoms with van der Waals surface area (Å²) >= 11 is 0. The first-order valence-corrected chi connectivity index (χ1v) is 5.01. The van der Waals surface area contributed by atoms with Crippen molar-refractivity contribution < 1.29 is 4.42 Å². The molecule has 0 fully saturated rings. The fourth-order valence-corrected chi connectivity index (χ4v) is 1.78. The predicted octanol–water partition coefficient (Wildman–Crippen LogP) is 1.40. The molecule has 78 valence electrons. The van der Waals surface area contributed by atoms with E-state index in [2.05, 4.69) is 16.5 Å². The van der Waals surface area contributed by atoms with E-state index >= 15 is 0 Å². The van der Waals surface area contributed by atoms with Crippen LogP contribution in [0.3, 0.4) is 0 Å². The number of pyridine rings is 1. The van der Waals surface area contributed by atoms with Crippen molar-refractivity contribution in [2.45, 2.75) is 0 Å². The molecule has 1 N–H and O–H groups in total. The van der Waals surface area contributed by atoms with E-state index in [0.29, 0.717) is 0 Å². The minimum absolute atomic E-state index is 0.814. The van der Waals surface area contributed by atoms with Crippen LogP contribution >= 0.6 is 0 Å². The Morgan fingerprint density at radius 1 is 1.31 bits per heavy atom. The Hall–Kier alpha value is -2.29. The molecule has 3 heteroatoms. The van der Waals surface area contributed by atoms with E-state index in [1.807, 2.05) is 30.3 Å². The molecule has 16 heavy (non-hydrogen) atoms. The van der Waals surface area contributed by atoms with Crippen LogP contribution in [-0.4, -0.2) is 9.97 Å². The van der Waals surface area contributed by atoms with Crippen molar-refractivity contribution in [1.82, 2.24) is 9.97 Å². The number of hydrogen-bond donors (Lipinski definition) is 1. The molecule has 0 aromatic carbocycles. The number of nitrogens with zero attached hydrogens (tertiary/aromatic N) is 1. The molecule has 0 aliphatic rings. The summed E-state index contributed by atoms with van der Waals surface area (Å²) in [4.78, 5) is 7.39. The molecule has 0 aliphatic heterocycles. The molecule has 0 saturated carbocycles. The first-order chi connectivity index (χ1) is 7.84. The third-order valence-electron chi connectivity index (χ3n) is 2.52. The number of aromatic amines is 1. The van der Waals surface area contributed by atoms with Gasteiger partial charge in [-0.05, 0) is 30.3 Å². The van der Waals surface area contributed by atoms with Gasteiger partial charge in [0.05, 0.1) is 6.26 Å². The van der Waals surface area contributed by atoms with Crippen molar-refractivity contribution in [1.29, 1.82) is 0 Å². The first-order valence-electron chi connectivity index (χ1n) is 5.01. The number of fused-ring (bicyclic) bond motifs is 1. The lowest BCUT2D eigenvalue weighted by molar-refractivity contribution is 0.556. The Kier molecular flexibility index (Phi) is 1.90. The Labute approximate surface area is 91.7 Å². The Morgan fingerprint density at radius 2 is 2.25 bits per heavy atom. The van der Waals surface area contributed by atoms with Crippen LogP contribution in [-0.2, 0) is 0 Å². The van der Waals surface area contributed by atoms with E-state index in [0.717, 1.165) is 27.4 Å². The van der Waals surface area contributed by atoms with Crippen LogP contribution in [0.5, 0.6) is 0 Å². The molecule has 0 aliphatic carbocycles. The average Bonchev–Trinajstić information content (AvgIpc) is 2.89. The molecule has 0 amide bonds. The molecular formula is C13H10N2O. The van der Waals surface area contributed by atoms with Crippen molar-refractivity contribution >= 4 is 23.7 Å². The number of hydrogen-bond acceptors (Lipinski definition) is 2. The molecule has 3 heterocycles. The van der Waals surface area contributed by atoms with Gasteiger partial charge >= 0.3 is 0 Å². The topological polar surface area (TPSA) is 41.8 Å². The summed E-state index contributed by atoms with van der Waals surface area (Å²) in [5.74, 6) is 0.814. The minimum Gasteiger partial charge on any atom is -0.465 e. The summed E-state index contributed by atoms with van der Waals surface area (Å²) in [6.45, 7) is 3.97. The van der Waals surface area contributed by atoms with Crippen LogP contribution < -0.4 is 10.6 Å². The fraction of sp³-hybridized carbons (Fsp3) is 0. The number of aromatic nitrogens is 2. The van der Waals surface area contributed by atoms with E-state index in [-0.39, 0.29) is 0 Å². The first kappa shape index (κ1) is 8.97. The van der Waals surface area contributed by atoms with Gasteiger partial charge in [0.2, 0.25) is 0 Å². The maximum atomic E-state index is 5.29. The Morgan fingerprint density at radius 3 is 3.06 bits per heavy atom. The van der Waals surface area contributed by atoms with Gasteiger partial charge in [0, 0.05) is 22.2 Å². The zero-order valence-corrected chi connectivity index (χ0v) is 8.60. The van der Waals surface area contributed by atoms with Crippen molar-refractivity contribution in [3.8, 4) is 0 Å². The van der Waals surface area contributed by atoms with E-state index in [1.54, 1.807) is 12.5 Å². The van der Waals surface area contributed by atoms with E-state index < -0.39 is 0 Å². The normalized spacial score (nSPS) is 12.4. The van der Waals surface area contributed by atoms with Gasteiger partial charge in [-0.2, -0.15) is 0 Å². The van der Waals surface area contributed by atoms with Gasteiger partial charge in [-0.25, -0.2) is 4.98 Å². The van der Waals surface area contributed by atoms with Crippen LogP contribution in [0.15, 0.2) is 41.1 Å². The molecule has 0 radical (unpaired) electrons. The second kappa shape index (κ2) is 3.38. The molecular weight excluding hydrogens is 200 g/mol. The van der Waals surface area contributed by atoms with Crippen LogP contribution in [0.1, 0.15) is 5.76 Å². The van der Waals surface area contributed by atoms with Crippen LogP contribution in [0.2, 0.25) is 0 Å². The molecule has 0 spiro atoms. The minimum atomic E-state index is 0.814. The Balaban J connectivity index is 2.39. The smallest absolute Gasteiger partial charge is 0.138 e. The van der Waals surface area contributed by atoms with Crippen molar-refractivity contribution in [3.63, 3.8) is 0 Å².